The standard InChI is InChI=1S/C21H20F3NO/c22-20-9-8-16(18-6-1-2-7-19(18)20)10-11-25-13-15-4-3-5-17(12-15)26-14-21(23)24/h1-9,12,21,25H,10-11,13-14H2. The molecule has 0 saturated heterocycles. The van der Waals surface area contributed by atoms with E-state index in [1.165, 1.54) is 6.07 Å². The van der Waals surface area contributed by atoms with Crippen LogP contribution >= 0.6 is 0 Å². The van der Waals surface area contributed by atoms with Gasteiger partial charge in [-0.05, 0) is 47.7 Å². The minimum Gasteiger partial charge on any atom is -0.488 e. The maximum absolute atomic E-state index is 13.9. The van der Waals surface area contributed by atoms with E-state index in [1.807, 2.05) is 30.3 Å². The number of hydrogen-bond donors (Lipinski definition) is 1. The van der Waals surface area contributed by atoms with Gasteiger partial charge in [-0.15, -0.1) is 0 Å². The summed E-state index contributed by atoms with van der Waals surface area (Å²) < 4.78 is 43.3. The molecule has 3 rings (SSSR count). The third kappa shape index (κ3) is 4.76. The first-order chi connectivity index (χ1) is 12.6. The van der Waals surface area contributed by atoms with Crippen molar-refractivity contribution < 1.29 is 17.9 Å². The SMILES string of the molecule is Fc1ccc(CCNCc2cccc(OCC(F)F)c2)c2ccccc12. The molecule has 0 unspecified atom stereocenters. The molecule has 0 aliphatic rings. The zero-order valence-corrected chi connectivity index (χ0v) is 14.2. The van der Waals surface area contributed by atoms with Crippen LogP contribution in [0.1, 0.15) is 11.1 Å². The summed E-state index contributed by atoms with van der Waals surface area (Å²) in [6.45, 7) is 0.720. The summed E-state index contributed by atoms with van der Waals surface area (Å²) >= 11 is 0. The zero-order chi connectivity index (χ0) is 18.4. The van der Waals surface area contributed by atoms with Crippen LogP contribution < -0.4 is 10.1 Å². The lowest BCUT2D eigenvalue weighted by molar-refractivity contribution is 0.0818. The number of ether oxygens (including phenoxy) is 1. The Morgan fingerprint density at radius 2 is 1.73 bits per heavy atom. The zero-order valence-electron chi connectivity index (χ0n) is 14.2. The molecule has 0 atom stereocenters. The predicted octanol–water partition coefficient (Wildman–Crippen LogP) is 4.96. The number of benzene rings is 3. The van der Waals surface area contributed by atoms with Crippen molar-refractivity contribution in [2.45, 2.75) is 19.4 Å². The highest BCUT2D eigenvalue weighted by Crippen LogP contribution is 2.22. The van der Waals surface area contributed by atoms with Crippen LogP contribution in [-0.4, -0.2) is 19.6 Å². The summed E-state index contributed by atoms with van der Waals surface area (Å²) in [6, 6.07) is 17.9. The van der Waals surface area contributed by atoms with Gasteiger partial charge in [0.15, 0.2) is 0 Å². The molecule has 3 aromatic rings. The van der Waals surface area contributed by atoms with E-state index in [0.29, 0.717) is 17.7 Å². The van der Waals surface area contributed by atoms with E-state index >= 15 is 0 Å². The number of nitrogens with one attached hydrogen (secondary N) is 1. The van der Waals surface area contributed by atoms with E-state index < -0.39 is 13.0 Å². The Bertz CT molecular complexity index is 867. The first kappa shape index (κ1) is 18.3. The molecule has 0 amide bonds. The normalized spacial score (nSPS) is 11.2. The summed E-state index contributed by atoms with van der Waals surface area (Å²) in [5, 5.41) is 4.88. The van der Waals surface area contributed by atoms with E-state index in [9.17, 15) is 13.2 Å². The van der Waals surface area contributed by atoms with Crippen LogP contribution in [-0.2, 0) is 13.0 Å². The number of hydrogen-bond acceptors (Lipinski definition) is 2. The summed E-state index contributed by atoms with van der Waals surface area (Å²) in [7, 11) is 0. The molecule has 1 N–H and O–H groups in total. The van der Waals surface area contributed by atoms with Crippen molar-refractivity contribution in [3.63, 3.8) is 0 Å². The van der Waals surface area contributed by atoms with Gasteiger partial charge in [0.2, 0.25) is 0 Å². The molecule has 0 aromatic heterocycles. The van der Waals surface area contributed by atoms with E-state index in [0.717, 1.165) is 29.5 Å². The van der Waals surface area contributed by atoms with E-state index in [4.69, 9.17) is 4.74 Å². The molecule has 0 bridgehead atoms. The maximum Gasteiger partial charge on any atom is 0.272 e. The van der Waals surface area contributed by atoms with Gasteiger partial charge in [-0.2, -0.15) is 0 Å². The second kappa shape index (κ2) is 8.72. The molecule has 0 radical (unpaired) electrons. The van der Waals surface area contributed by atoms with Gasteiger partial charge in [-0.1, -0.05) is 42.5 Å². The monoisotopic (exact) mass is 359 g/mol. The van der Waals surface area contributed by atoms with Crippen LogP contribution in [0.2, 0.25) is 0 Å². The molecule has 3 aromatic carbocycles. The van der Waals surface area contributed by atoms with Crippen molar-refractivity contribution in [2.24, 2.45) is 0 Å². The van der Waals surface area contributed by atoms with Crippen LogP contribution in [0.25, 0.3) is 10.8 Å². The fourth-order valence-electron chi connectivity index (χ4n) is 2.90. The van der Waals surface area contributed by atoms with Gasteiger partial charge in [-0.25, -0.2) is 13.2 Å². The summed E-state index contributed by atoms with van der Waals surface area (Å²) in [4.78, 5) is 0. The Kier molecular flexibility index (Phi) is 6.12. The highest BCUT2D eigenvalue weighted by Gasteiger charge is 2.06. The average Bonchev–Trinajstić information content (AvgIpc) is 2.66. The van der Waals surface area contributed by atoms with Crippen LogP contribution in [0.4, 0.5) is 13.2 Å². The Hall–Kier alpha value is -2.53. The summed E-state index contributed by atoms with van der Waals surface area (Å²) in [5.41, 5.74) is 2.05. The minimum atomic E-state index is -2.48. The molecule has 0 spiro atoms. The Morgan fingerprint density at radius 1 is 0.923 bits per heavy atom. The first-order valence-corrected chi connectivity index (χ1v) is 8.50. The van der Waals surface area contributed by atoms with Gasteiger partial charge in [0, 0.05) is 11.9 Å². The fraction of sp³-hybridized carbons (Fsp3) is 0.238. The molecule has 0 aliphatic heterocycles. The van der Waals surface area contributed by atoms with Crippen molar-refractivity contribution in [3.8, 4) is 5.75 Å². The Balaban J connectivity index is 1.55. The molecule has 0 aliphatic carbocycles. The molecule has 0 saturated carbocycles. The van der Waals surface area contributed by atoms with Gasteiger partial charge < -0.3 is 10.1 Å². The Labute approximate surface area is 150 Å². The van der Waals surface area contributed by atoms with E-state index in [-0.39, 0.29) is 5.82 Å². The van der Waals surface area contributed by atoms with Crippen LogP contribution in [0.5, 0.6) is 5.75 Å². The maximum atomic E-state index is 13.9. The molecule has 136 valence electrons. The van der Waals surface area contributed by atoms with Crippen molar-refractivity contribution in [3.05, 3.63) is 77.6 Å². The van der Waals surface area contributed by atoms with E-state index in [1.54, 1.807) is 24.3 Å². The average molecular weight is 359 g/mol. The molecule has 0 heterocycles. The topological polar surface area (TPSA) is 21.3 Å². The number of halogens is 3. The third-order valence-corrected chi connectivity index (χ3v) is 4.14. The van der Waals surface area contributed by atoms with Crippen molar-refractivity contribution >= 4 is 10.8 Å². The van der Waals surface area contributed by atoms with Crippen molar-refractivity contribution in [1.82, 2.24) is 5.32 Å². The predicted molar refractivity (Wildman–Crippen MR) is 97.3 cm³/mol. The van der Waals surface area contributed by atoms with Gasteiger partial charge in [-0.3, -0.25) is 0 Å². The number of alkyl halides is 2. The quantitative estimate of drug-likeness (QED) is 0.574. The smallest absolute Gasteiger partial charge is 0.272 e. The van der Waals surface area contributed by atoms with Gasteiger partial charge in [0.25, 0.3) is 6.43 Å². The lowest BCUT2D eigenvalue weighted by atomic mass is 10.0. The molecule has 26 heavy (non-hydrogen) atoms. The van der Waals surface area contributed by atoms with Crippen LogP contribution in [0.3, 0.4) is 0 Å². The second-order valence-electron chi connectivity index (χ2n) is 6.03. The lowest BCUT2D eigenvalue weighted by Gasteiger charge is -2.10. The Morgan fingerprint density at radius 3 is 2.54 bits per heavy atom. The van der Waals surface area contributed by atoms with E-state index in [2.05, 4.69) is 5.32 Å². The van der Waals surface area contributed by atoms with Gasteiger partial charge in [0.05, 0.1) is 0 Å². The summed E-state index contributed by atoms with van der Waals surface area (Å²) in [5.74, 6) is 0.229. The van der Waals surface area contributed by atoms with Gasteiger partial charge >= 0.3 is 0 Å². The second-order valence-corrected chi connectivity index (χ2v) is 6.03. The largest absolute Gasteiger partial charge is 0.488 e. The highest BCUT2D eigenvalue weighted by molar-refractivity contribution is 5.86. The minimum absolute atomic E-state index is 0.210. The molecule has 5 heteroatoms. The number of rotatable bonds is 8. The molecule has 0 fully saturated rings. The van der Waals surface area contributed by atoms with Crippen LogP contribution in [0.15, 0.2) is 60.7 Å². The molecular weight excluding hydrogens is 339 g/mol. The lowest BCUT2D eigenvalue weighted by Crippen LogP contribution is -2.17. The van der Waals surface area contributed by atoms with Crippen molar-refractivity contribution in [2.75, 3.05) is 13.2 Å². The van der Waals surface area contributed by atoms with Crippen molar-refractivity contribution in [1.29, 1.82) is 0 Å². The summed E-state index contributed by atoms with van der Waals surface area (Å²) in [6.07, 6.45) is -1.72. The van der Waals surface area contributed by atoms with Gasteiger partial charge in [0.1, 0.15) is 18.2 Å². The highest BCUT2D eigenvalue weighted by atomic mass is 19.3. The molecular formula is C21H20F3NO. The fourth-order valence-corrected chi connectivity index (χ4v) is 2.90. The first-order valence-electron chi connectivity index (χ1n) is 8.50. The third-order valence-electron chi connectivity index (χ3n) is 4.14. The van der Waals surface area contributed by atoms with Crippen LogP contribution in [0, 0.1) is 5.82 Å². The molecule has 2 nitrogen and oxygen atoms in total. The number of fused-ring (bicyclic) bond motifs is 1.